The van der Waals surface area contributed by atoms with E-state index >= 15 is 0 Å². The molecular formula is C18H17N3O. The summed E-state index contributed by atoms with van der Waals surface area (Å²) in [6, 6.07) is 18.1. The molecule has 4 rings (SSSR count). The zero-order valence-corrected chi connectivity index (χ0v) is 12.2. The number of carbonyl (C=O) groups excluding carboxylic acids is 1. The fourth-order valence-electron chi connectivity index (χ4n) is 3.08. The molecule has 1 N–H and O–H groups in total. The first-order valence-corrected chi connectivity index (χ1v) is 7.56. The third kappa shape index (κ3) is 2.37. The molecule has 0 saturated carbocycles. The van der Waals surface area contributed by atoms with Crippen molar-refractivity contribution in [3.05, 3.63) is 66.0 Å². The number of benzene rings is 2. The van der Waals surface area contributed by atoms with Crippen molar-refractivity contribution in [1.82, 2.24) is 14.9 Å². The number of nitrogens with one attached hydrogen (secondary N) is 1. The smallest absolute Gasteiger partial charge is 0.223 e. The van der Waals surface area contributed by atoms with Gasteiger partial charge in [0.25, 0.3) is 0 Å². The molecule has 110 valence electrons. The number of likely N-dealkylation sites (tertiary alicyclic amines) is 1. The van der Waals surface area contributed by atoms with E-state index in [1.807, 2.05) is 47.4 Å². The van der Waals surface area contributed by atoms with Crippen LogP contribution in [0.5, 0.6) is 0 Å². The highest BCUT2D eigenvalue weighted by atomic mass is 16.2. The summed E-state index contributed by atoms with van der Waals surface area (Å²) in [5, 5.41) is 0. The normalized spacial score (nSPS) is 18.3. The number of aromatic nitrogens is 2. The molecule has 1 saturated heterocycles. The summed E-state index contributed by atoms with van der Waals surface area (Å²) in [5.74, 6) is 1.28. The summed E-state index contributed by atoms with van der Waals surface area (Å²) in [7, 11) is 0. The van der Waals surface area contributed by atoms with Crippen LogP contribution in [0.3, 0.4) is 0 Å². The molecule has 2 heterocycles. The summed E-state index contributed by atoms with van der Waals surface area (Å²) >= 11 is 0. The quantitative estimate of drug-likeness (QED) is 0.806. The van der Waals surface area contributed by atoms with E-state index in [0.29, 0.717) is 13.0 Å². The topological polar surface area (TPSA) is 49.0 Å². The van der Waals surface area contributed by atoms with E-state index in [0.717, 1.165) is 23.4 Å². The molecule has 1 amide bonds. The first-order chi connectivity index (χ1) is 10.8. The molecule has 0 bridgehead atoms. The summed E-state index contributed by atoms with van der Waals surface area (Å²) in [6.07, 6.45) is 0.534. The number of fused-ring (bicyclic) bond motifs is 1. The summed E-state index contributed by atoms with van der Waals surface area (Å²) in [4.78, 5) is 22.2. The monoisotopic (exact) mass is 291 g/mol. The van der Waals surface area contributed by atoms with Crippen LogP contribution in [0.2, 0.25) is 0 Å². The Morgan fingerprint density at radius 2 is 1.86 bits per heavy atom. The van der Waals surface area contributed by atoms with Crippen LogP contribution in [0.15, 0.2) is 54.6 Å². The number of H-pyrrole nitrogens is 1. The number of hydrogen-bond donors (Lipinski definition) is 1. The minimum Gasteiger partial charge on any atom is -0.342 e. The molecule has 1 fully saturated rings. The Morgan fingerprint density at radius 3 is 2.68 bits per heavy atom. The van der Waals surface area contributed by atoms with Gasteiger partial charge >= 0.3 is 0 Å². The lowest BCUT2D eigenvalue weighted by molar-refractivity contribution is -0.128. The van der Waals surface area contributed by atoms with Gasteiger partial charge in [-0.2, -0.15) is 0 Å². The van der Waals surface area contributed by atoms with Gasteiger partial charge in [-0.15, -0.1) is 0 Å². The van der Waals surface area contributed by atoms with Gasteiger partial charge in [-0.1, -0.05) is 42.5 Å². The van der Waals surface area contributed by atoms with Crippen molar-refractivity contribution in [2.75, 3.05) is 6.54 Å². The third-order valence-electron chi connectivity index (χ3n) is 4.23. The fourth-order valence-corrected chi connectivity index (χ4v) is 3.08. The van der Waals surface area contributed by atoms with Crippen LogP contribution < -0.4 is 0 Å². The first kappa shape index (κ1) is 13.1. The third-order valence-corrected chi connectivity index (χ3v) is 4.23. The summed E-state index contributed by atoms with van der Waals surface area (Å²) < 4.78 is 0. The second kappa shape index (κ2) is 5.30. The van der Waals surface area contributed by atoms with Crippen LogP contribution in [0.25, 0.3) is 11.0 Å². The van der Waals surface area contributed by atoms with Gasteiger partial charge in [0.15, 0.2) is 0 Å². The van der Waals surface area contributed by atoms with Crippen molar-refractivity contribution in [3.8, 4) is 0 Å². The van der Waals surface area contributed by atoms with Gasteiger partial charge in [0.1, 0.15) is 5.82 Å². The summed E-state index contributed by atoms with van der Waals surface area (Å²) in [5.41, 5.74) is 3.17. The molecule has 4 nitrogen and oxygen atoms in total. The minimum absolute atomic E-state index is 0.156. The molecule has 0 radical (unpaired) electrons. The molecule has 0 aliphatic carbocycles. The van der Waals surface area contributed by atoms with Crippen LogP contribution in [0.1, 0.15) is 23.7 Å². The van der Waals surface area contributed by atoms with Crippen molar-refractivity contribution in [3.63, 3.8) is 0 Å². The van der Waals surface area contributed by atoms with Gasteiger partial charge in [0, 0.05) is 25.4 Å². The number of hydrogen-bond acceptors (Lipinski definition) is 2. The molecule has 1 atom stereocenters. The predicted molar refractivity (Wildman–Crippen MR) is 85.3 cm³/mol. The SMILES string of the molecule is O=C1C[C@@H](c2nc3ccccc3[nH]2)CN1Cc1ccccc1. The molecule has 1 aliphatic rings. The van der Waals surface area contributed by atoms with E-state index in [4.69, 9.17) is 0 Å². The van der Waals surface area contributed by atoms with Crippen LogP contribution in [0.4, 0.5) is 0 Å². The Morgan fingerprint density at radius 1 is 1.09 bits per heavy atom. The van der Waals surface area contributed by atoms with Crippen LogP contribution in [-0.2, 0) is 11.3 Å². The maximum Gasteiger partial charge on any atom is 0.223 e. The van der Waals surface area contributed by atoms with E-state index in [9.17, 15) is 4.79 Å². The minimum atomic E-state index is 0.156. The van der Waals surface area contributed by atoms with Crippen LogP contribution in [0, 0.1) is 0 Å². The molecule has 2 aromatic carbocycles. The molecule has 0 spiro atoms. The van der Waals surface area contributed by atoms with Crippen molar-refractivity contribution in [1.29, 1.82) is 0 Å². The number of nitrogens with zero attached hydrogens (tertiary/aromatic N) is 2. The lowest BCUT2D eigenvalue weighted by Crippen LogP contribution is -2.24. The Labute approximate surface area is 128 Å². The second-order valence-corrected chi connectivity index (χ2v) is 5.80. The highest BCUT2D eigenvalue weighted by Gasteiger charge is 2.32. The van der Waals surface area contributed by atoms with Crippen molar-refractivity contribution < 1.29 is 4.79 Å². The molecule has 0 unspecified atom stereocenters. The highest BCUT2D eigenvalue weighted by molar-refractivity contribution is 5.80. The average Bonchev–Trinajstić information content (AvgIpc) is 3.12. The molecule has 3 aromatic rings. The van der Waals surface area contributed by atoms with Gasteiger partial charge in [-0.05, 0) is 17.7 Å². The van der Waals surface area contributed by atoms with Crippen molar-refractivity contribution >= 4 is 16.9 Å². The highest BCUT2D eigenvalue weighted by Crippen LogP contribution is 2.28. The van der Waals surface area contributed by atoms with Gasteiger partial charge in [0.05, 0.1) is 11.0 Å². The lowest BCUT2D eigenvalue weighted by Gasteiger charge is -2.16. The zero-order valence-electron chi connectivity index (χ0n) is 12.2. The van der Waals surface area contributed by atoms with Crippen LogP contribution in [-0.4, -0.2) is 27.3 Å². The van der Waals surface area contributed by atoms with E-state index < -0.39 is 0 Å². The van der Waals surface area contributed by atoms with E-state index in [1.54, 1.807) is 0 Å². The molecule has 4 heteroatoms. The number of imidazole rings is 1. The Bertz CT molecular complexity index is 776. The lowest BCUT2D eigenvalue weighted by atomic mass is 10.1. The molecule has 1 aromatic heterocycles. The van der Waals surface area contributed by atoms with Gasteiger partial charge in [0.2, 0.25) is 5.91 Å². The maximum absolute atomic E-state index is 12.3. The van der Waals surface area contributed by atoms with E-state index in [2.05, 4.69) is 22.1 Å². The number of amides is 1. The number of carbonyl (C=O) groups is 1. The Hall–Kier alpha value is -2.62. The molecule has 1 aliphatic heterocycles. The second-order valence-electron chi connectivity index (χ2n) is 5.80. The average molecular weight is 291 g/mol. The predicted octanol–water partition coefficient (Wildman–Crippen LogP) is 3.08. The summed E-state index contributed by atoms with van der Waals surface area (Å²) in [6.45, 7) is 1.41. The van der Waals surface area contributed by atoms with Gasteiger partial charge in [-0.25, -0.2) is 4.98 Å². The Kier molecular flexibility index (Phi) is 3.15. The maximum atomic E-state index is 12.3. The molecule has 22 heavy (non-hydrogen) atoms. The largest absolute Gasteiger partial charge is 0.342 e. The number of rotatable bonds is 3. The Balaban J connectivity index is 1.54. The van der Waals surface area contributed by atoms with Gasteiger partial charge < -0.3 is 9.88 Å². The van der Waals surface area contributed by atoms with Gasteiger partial charge in [-0.3, -0.25) is 4.79 Å². The van der Waals surface area contributed by atoms with Crippen molar-refractivity contribution in [2.45, 2.75) is 18.9 Å². The van der Waals surface area contributed by atoms with E-state index in [-0.39, 0.29) is 11.8 Å². The standard InChI is InChI=1S/C18H17N3O/c22-17-10-14(12-21(17)11-13-6-2-1-3-7-13)18-19-15-8-4-5-9-16(15)20-18/h1-9,14H,10-12H2,(H,19,20)/t14-/m1/s1. The van der Waals surface area contributed by atoms with Crippen molar-refractivity contribution in [2.24, 2.45) is 0 Å². The van der Waals surface area contributed by atoms with E-state index in [1.165, 1.54) is 5.56 Å². The fraction of sp³-hybridized carbons (Fsp3) is 0.222. The zero-order chi connectivity index (χ0) is 14.9. The molecular weight excluding hydrogens is 274 g/mol. The number of aromatic amines is 1. The number of para-hydroxylation sites is 2. The first-order valence-electron chi connectivity index (χ1n) is 7.56. The van der Waals surface area contributed by atoms with Crippen LogP contribution >= 0.6 is 0 Å².